The molecular formula is C10H11N3O2. The molecule has 2 aromatic heterocycles. The lowest BCUT2D eigenvalue weighted by Crippen LogP contribution is -1.99. The van der Waals surface area contributed by atoms with Crippen molar-refractivity contribution in [3.63, 3.8) is 0 Å². The molecule has 0 atom stereocenters. The fourth-order valence-corrected chi connectivity index (χ4v) is 1.38. The van der Waals surface area contributed by atoms with Crippen LogP contribution in [0.1, 0.15) is 19.0 Å². The Morgan fingerprint density at radius 2 is 2.40 bits per heavy atom. The minimum absolute atomic E-state index is 0.0450. The van der Waals surface area contributed by atoms with Crippen LogP contribution in [0.2, 0.25) is 0 Å². The third-order valence-corrected chi connectivity index (χ3v) is 2.13. The molecule has 0 fully saturated rings. The van der Waals surface area contributed by atoms with E-state index < -0.39 is 0 Å². The minimum Gasteiger partial charge on any atom is -0.493 e. The molecule has 0 aromatic carbocycles. The van der Waals surface area contributed by atoms with Crippen molar-refractivity contribution in [3.05, 3.63) is 24.0 Å². The lowest BCUT2D eigenvalue weighted by Gasteiger charge is -2.01. The maximum atomic E-state index is 10.8. The highest BCUT2D eigenvalue weighted by Gasteiger charge is 2.05. The fourth-order valence-electron chi connectivity index (χ4n) is 1.38. The van der Waals surface area contributed by atoms with Crippen LogP contribution < -0.4 is 0 Å². The number of aromatic hydroxyl groups is 1. The number of hydrogen-bond acceptors (Lipinski definition) is 4. The highest BCUT2D eigenvalue weighted by atomic mass is 16.3. The molecule has 0 aliphatic carbocycles. The largest absolute Gasteiger partial charge is 0.493 e. The summed E-state index contributed by atoms with van der Waals surface area (Å²) in [6.45, 7) is 1.54. The Morgan fingerprint density at radius 3 is 3.13 bits per heavy atom. The van der Waals surface area contributed by atoms with Gasteiger partial charge in [0.25, 0.3) is 0 Å². The summed E-state index contributed by atoms with van der Waals surface area (Å²) in [7, 11) is 0. The van der Waals surface area contributed by atoms with E-state index in [1.54, 1.807) is 12.3 Å². The Morgan fingerprint density at radius 1 is 1.60 bits per heavy atom. The number of carbonyl (C=O) groups excluding carboxylic acids is 1. The van der Waals surface area contributed by atoms with Crippen LogP contribution in [-0.4, -0.2) is 25.5 Å². The number of Topliss-reactive ketones (excluding diaryl/α,β-unsaturated/α-hetero) is 1. The summed E-state index contributed by atoms with van der Waals surface area (Å²) in [6, 6.07) is 3.24. The van der Waals surface area contributed by atoms with E-state index in [0.717, 1.165) is 0 Å². The van der Waals surface area contributed by atoms with Gasteiger partial charge in [-0.3, -0.25) is 0 Å². The maximum Gasteiger partial charge on any atom is 0.215 e. The zero-order valence-electron chi connectivity index (χ0n) is 8.34. The van der Waals surface area contributed by atoms with E-state index in [2.05, 4.69) is 10.1 Å². The van der Waals surface area contributed by atoms with E-state index in [9.17, 15) is 9.90 Å². The third-order valence-electron chi connectivity index (χ3n) is 2.13. The molecule has 5 heteroatoms. The molecule has 0 saturated heterocycles. The van der Waals surface area contributed by atoms with Gasteiger partial charge in [0, 0.05) is 24.2 Å². The number of aryl methyl sites for hydroxylation is 1. The van der Waals surface area contributed by atoms with E-state index >= 15 is 0 Å². The first-order valence-corrected chi connectivity index (χ1v) is 4.69. The highest BCUT2D eigenvalue weighted by Crippen LogP contribution is 2.13. The van der Waals surface area contributed by atoms with Crippen molar-refractivity contribution in [3.8, 4) is 5.88 Å². The molecule has 0 aliphatic rings. The molecule has 0 spiro atoms. The van der Waals surface area contributed by atoms with Crippen molar-refractivity contribution in [1.29, 1.82) is 0 Å². The summed E-state index contributed by atoms with van der Waals surface area (Å²) in [4.78, 5) is 15.1. The van der Waals surface area contributed by atoms with Crippen molar-refractivity contribution < 1.29 is 9.90 Å². The summed E-state index contributed by atoms with van der Waals surface area (Å²) < 4.78 is 1.34. The molecule has 0 bridgehead atoms. The maximum absolute atomic E-state index is 10.8. The predicted octanol–water partition coefficient (Wildman–Crippen LogP) is 0.956. The van der Waals surface area contributed by atoms with Crippen LogP contribution in [0.5, 0.6) is 5.88 Å². The zero-order chi connectivity index (χ0) is 10.8. The molecule has 5 nitrogen and oxygen atoms in total. The van der Waals surface area contributed by atoms with E-state index in [4.69, 9.17) is 0 Å². The van der Waals surface area contributed by atoms with Crippen LogP contribution in [0.25, 0.3) is 5.65 Å². The molecular weight excluding hydrogens is 194 g/mol. The van der Waals surface area contributed by atoms with Crippen molar-refractivity contribution in [2.75, 3.05) is 0 Å². The second kappa shape index (κ2) is 3.68. The molecule has 0 saturated carbocycles. The van der Waals surface area contributed by atoms with Gasteiger partial charge in [-0.15, -0.1) is 0 Å². The second-order valence-electron chi connectivity index (χ2n) is 3.41. The standard InChI is InChI=1S/C10H11N3O2/c1-7(14)2-3-8-6-10(15)13-9(12-8)4-5-11-13/h4-6,15H,2-3H2,1H3. The quantitative estimate of drug-likeness (QED) is 0.810. The predicted molar refractivity (Wildman–Crippen MR) is 53.7 cm³/mol. The SMILES string of the molecule is CC(=O)CCc1cc(O)n2nccc2n1. The van der Waals surface area contributed by atoms with Crippen LogP contribution in [0, 0.1) is 0 Å². The molecule has 2 rings (SSSR count). The van der Waals surface area contributed by atoms with Gasteiger partial charge in [-0.05, 0) is 13.3 Å². The van der Waals surface area contributed by atoms with Gasteiger partial charge in [0.1, 0.15) is 5.78 Å². The number of hydrogen-bond donors (Lipinski definition) is 1. The van der Waals surface area contributed by atoms with Crippen LogP contribution in [0.4, 0.5) is 0 Å². The van der Waals surface area contributed by atoms with Gasteiger partial charge in [-0.1, -0.05) is 0 Å². The fraction of sp³-hybridized carbons (Fsp3) is 0.300. The molecule has 0 radical (unpaired) electrons. The van der Waals surface area contributed by atoms with Crippen molar-refractivity contribution >= 4 is 11.4 Å². The van der Waals surface area contributed by atoms with E-state index in [0.29, 0.717) is 24.2 Å². The molecule has 15 heavy (non-hydrogen) atoms. The van der Waals surface area contributed by atoms with E-state index in [-0.39, 0.29) is 11.7 Å². The Kier molecular flexibility index (Phi) is 2.37. The van der Waals surface area contributed by atoms with Gasteiger partial charge < -0.3 is 9.90 Å². The molecule has 0 amide bonds. The third kappa shape index (κ3) is 1.96. The van der Waals surface area contributed by atoms with Crippen LogP contribution in [-0.2, 0) is 11.2 Å². The van der Waals surface area contributed by atoms with Gasteiger partial charge in [-0.25, -0.2) is 4.98 Å². The van der Waals surface area contributed by atoms with Gasteiger partial charge in [0.2, 0.25) is 5.88 Å². The van der Waals surface area contributed by atoms with E-state index in [1.807, 2.05) is 0 Å². The Balaban J connectivity index is 2.32. The number of aromatic nitrogens is 3. The summed E-state index contributed by atoms with van der Waals surface area (Å²) in [5.41, 5.74) is 1.30. The van der Waals surface area contributed by atoms with Gasteiger partial charge in [0.15, 0.2) is 5.65 Å². The number of fused-ring (bicyclic) bond motifs is 1. The Hall–Kier alpha value is -1.91. The second-order valence-corrected chi connectivity index (χ2v) is 3.41. The highest BCUT2D eigenvalue weighted by molar-refractivity contribution is 5.75. The first-order valence-electron chi connectivity index (χ1n) is 4.69. The molecule has 78 valence electrons. The number of nitrogens with zero attached hydrogens (tertiary/aromatic N) is 3. The molecule has 2 aromatic rings. The average molecular weight is 205 g/mol. The van der Waals surface area contributed by atoms with Gasteiger partial charge >= 0.3 is 0 Å². The molecule has 0 unspecified atom stereocenters. The summed E-state index contributed by atoms with van der Waals surface area (Å²) in [6.07, 6.45) is 2.55. The molecule has 2 heterocycles. The van der Waals surface area contributed by atoms with Crippen LogP contribution in [0.15, 0.2) is 18.3 Å². The Bertz CT molecular complexity index is 504. The first kappa shape index (κ1) is 9.64. The van der Waals surface area contributed by atoms with Crippen LogP contribution in [0.3, 0.4) is 0 Å². The van der Waals surface area contributed by atoms with Gasteiger partial charge in [0.05, 0.1) is 6.20 Å². The minimum atomic E-state index is 0.0450. The van der Waals surface area contributed by atoms with Crippen molar-refractivity contribution in [1.82, 2.24) is 14.6 Å². The lowest BCUT2D eigenvalue weighted by atomic mass is 10.2. The summed E-state index contributed by atoms with van der Waals surface area (Å²) in [5.74, 6) is 0.160. The average Bonchev–Trinajstić information content (AvgIpc) is 2.63. The van der Waals surface area contributed by atoms with Gasteiger partial charge in [-0.2, -0.15) is 9.61 Å². The number of ketones is 1. The normalized spacial score (nSPS) is 10.7. The zero-order valence-corrected chi connectivity index (χ0v) is 8.34. The lowest BCUT2D eigenvalue weighted by molar-refractivity contribution is -0.117. The topological polar surface area (TPSA) is 67.5 Å². The number of carbonyl (C=O) groups is 1. The molecule has 0 aliphatic heterocycles. The monoisotopic (exact) mass is 205 g/mol. The summed E-state index contributed by atoms with van der Waals surface area (Å²) in [5, 5.41) is 13.5. The number of rotatable bonds is 3. The first-order chi connectivity index (χ1) is 7.16. The van der Waals surface area contributed by atoms with Crippen molar-refractivity contribution in [2.45, 2.75) is 19.8 Å². The van der Waals surface area contributed by atoms with E-state index in [1.165, 1.54) is 17.5 Å². The summed E-state index contributed by atoms with van der Waals surface area (Å²) >= 11 is 0. The van der Waals surface area contributed by atoms with Crippen molar-refractivity contribution in [2.24, 2.45) is 0 Å². The molecule has 1 N–H and O–H groups in total. The smallest absolute Gasteiger partial charge is 0.215 e. The Labute approximate surface area is 86.4 Å². The van der Waals surface area contributed by atoms with Crippen LogP contribution >= 0.6 is 0 Å².